The predicted molar refractivity (Wildman–Crippen MR) is 101 cm³/mol. The largest absolute Gasteiger partial charge is 0.406 e. The van der Waals surface area contributed by atoms with Crippen molar-refractivity contribution in [2.24, 2.45) is 0 Å². The van der Waals surface area contributed by atoms with E-state index in [1.807, 2.05) is 13.0 Å². The lowest BCUT2D eigenvalue weighted by molar-refractivity contribution is -0.134. The monoisotopic (exact) mass is 384 g/mol. The molecule has 0 saturated heterocycles. The molecule has 1 aromatic heterocycles. The molecule has 0 aliphatic carbocycles. The van der Waals surface area contributed by atoms with E-state index in [-0.39, 0.29) is 27.8 Å². The van der Waals surface area contributed by atoms with Gasteiger partial charge in [-0.3, -0.25) is 4.79 Å². The Morgan fingerprint density at radius 1 is 1.04 bits per heavy atom. The molecule has 0 radical (unpaired) electrons. The standard InChI is InChI=1S/C20H20N2O4S/c1-4-18(23)26-20-19(27(24,25)17-12-10-14(2)11-13-17)15(3)21-22(20)16-8-6-5-7-9-16/h5-13H,4H2,1-3H3. The fourth-order valence-corrected chi connectivity index (χ4v) is 4.17. The molecule has 3 rings (SSSR count). The van der Waals surface area contributed by atoms with Gasteiger partial charge in [-0.05, 0) is 38.1 Å². The molecule has 0 atom stereocenters. The fourth-order valence-electron chi connectivity index (χ4n) is 2.65. The van der Waals surface area contributed by atoms with Crippen molar-refractivity contribution in [3.8, 4) is 11.6 Å². The van der Waals surface area contributed by atoms with Gasteiger partial charge in [0.25, 0.3) is 0 Å². The second-order valence-electron chi connectivity index (χ2n) is 6.11. The minimum Gasteiger partial charge on any atom is -0.406 e. The van der Waals surface area contributed by atoms with Crippen molar-refractivity contribution in [2.45, 2.75) is 37.0 Å². The molecule has 27 heavy (non-hydrogen) atoms. The minimum absolute atomic E-state index is 0.0916. The zero-order valence-electron chi connectivity index (χ0n) is 15.3. The molecular weight excluding hydrogens is 364 g/mol. The molecule has 0 fully saturated rings. The SMILES string of the molecule is CCC(=O)Oc1c(S(=O)(=O)c2ccc(C)cc2)c(C)nn1-c1ccccc1. The summed E-state index contributed by atoms with van der Waals surface area (Å²) >= 11 is 0. The highest BCUT2D eigenvalue weighted by atomic mass is 32.2. The molecule has 2 aromatic carbocycles. The van der Waals surface area contributed by atoms with E-state index in [1.54, 1.807) is 50.2 Å². The number of para-hydroxylation sites is 1. The van der Waals surface area contributed by atoms with Gasteiger partial charge in [-0.2, -0.15) is 9.78 Å². The average Bonchev–Trinajstić information content (AvgIpc) is 2.99. The number of hydrogen-bond donors (Lipinski definition) is 0. The van der Waals surface area contributed by atoms with Crippen LogP contribution in [0.3, 0.4) is 0 Å². The number of carbonyl (C=O) groups is 1. The number of ether oxygens (including phenoxy) is 1. The van der Waals surface area contributed by atoms with E-state index in [0.717, 1.165) is 5.56 Å². The van der Waals surface area contributed by atoms with Crippen molar-refractivity contribution in [1.82, 2.24) is 9.78 Å². The Morgan fingerprint density at radius 2 is 1.67 bits per heavy atom. The number of carbonyl (C=O) groups excluding carboxylic acids is 1. The van der Waals surface area contributed by atoms with Crippen molar-refractivity contribution in [3.63, 3.8) is 0 Å². The second-order valence-corrected chi connectivity index (χ2v) is 8.00. The van der Waals surface area contributed by atoms with Crippen LogP contribution in [0.5, 0.6) is 5.88 Å². The highest BCUT2D eigenvalue weighted by Crippen LogP contribution is 2.34. The molecule has 0 bridgehead atoms. The summed E-state index contributed by atoms with van der Waals surface area (Å²) in [5, 5.41) is 4.34. The summed E-state index contributed by atoms with van der Waals surface area (Å²) in [6, 6.07) is 15.5. The van der Waals surface area contributed by atoms with Crippen molar-refractivity contribution in [1.29, 1.82) is 0 Å². The van der Waals surface area contributed by atoms with Crippen LogP contribution in [-0.4, -0.2) is 24.2 Å². The number of aryl methyl sites for hydroxylation is 2. The van der Waals surface area contributed by atoms with Crippen LogP contribution in [0.4, 0.5) is 0 Å². The lowest BCUT2D eigenvalue weighted by Gasteiger charge is -2.10. The molecule has 0 saturated carbocycles. The van der Waals surface area contributed by atoms with Crippen LogP contribution in [-0.2, 0) is 14.6 Å². The average molecular weight is 384 g/mol. The first-order valence-corrected chi connectivity index (χ1v) is 10.0. The lowest BCUT2D eigenvalue weighted by atomic mass is 10.2. The summed E-state index contributed by atoms with van der Waals surface area (Å²) in [6.45, 7) is 5.11. The predicted octanol–water partition coefficient (Wildman–Crippen LogP) is 3.64. The van der Waals surface area contributed by atoms with Crippen molar-refractivity contribution in [3.05, 3.63) is 65.9 Å². The molecule has 0 amide bonds. The fraction of sp³-hybridized carbons (Fsp3) is 0.200. The van der Waals surface area contributed by atoms with Crippen LogP contribution in [0.1, 0.15) is 24.6 Å². The topological polar surface area (TPSA) is 78.3 Å². The van der Waals surface area contributed by atoms with Gasteiger partial charge in [0.2, 0.25) is 15.7 Å². The van der Waals surface area contributed by atoms with Crippen LogP contribution in [0.2, 0.25) is 0 Å². The van der Waals surface area contributed by atoms with Gasteiger partial charge >= 0.3 is 5.97 Å². The lowest BCUT2D eigenvalue weighted by Crippen LogP contribution is -2.13. The van der Waals surface area contributed by atoms with E-state index in [2.05, 4.69) is 5.10 Å². The smallest absolute Gasteiger partial charge is 0.312 e. The summed E-state index contributed by atoms with van der Waals surface area (Å²) in [6.07, 6.45) is 0.114. The highest BCUT2D eigenvalue weighted by Gasteiger charge is 2.31. The number of aromatic nitrogens is 2. The summed E-state index contributed by atoms with van der Waals surface area (Å²) < 4.78 is 33.3. The van der Waals surface area contributed by atoms with Gasteiger partial charge in [0.15, 0.2) is 4.90 Å². The molecule has 3 aromatic rings. The molecule has 1 heterocycles. The van der Waals surface area contributed by atoms with E-state index < -0.39 is 15.8 Å². The maximum Gasteiger partial charge on any atom is 0.312 e. The van der Waals surface area contributed by atoms with Crippen molar-refractivity contribution < 1.29 is 17.9 Å². The Kier molecular flexibility index (Phi) is 5.14. The second kappa shape index (κ2) is 7.36. The Morgan fingerprint density at radius 3 is 2.26 bits per heavy atom. The Labute approximate surface area is 158 Å². The number of nitrogens with zero attached hydrogens (tertiary/aromatic N) is 2. The van der Waals surface area contributed by atoms with Crippen LogP contribution in [0.25, 0.3) is 5.69 Å². The van der Waals surface area contributed by atoms with Crippen molar-refractivity contribution >= 4 is 15.8 Å². The van der Waals surface area contributed by atoms with E-state index in [9.17, 15) is 13.2 Å². The Hall–Kier alpha value is -2.93. The maximum absolute atomic E-state index is 13.3. The van der Waals surface area contributed by atoms with Crippen LogP contribution < -0.4 is 4.74 Å². The molecule has 6 nitrogen and oxygen atoms in total. The van der Waals surface area contributed by atoms with Gasteiger partial charge in [-0.15, -0.1) is 0 Å². The molecular formula is C20H20N2O4S. The third kappa shape index (κ3) is 3.64. The van der Waals surface area contributed by atoms with Gasteiger partial charge < -0.3 is 4.74 Å². The first-order chi connectivity index (χ1) is 12.8. The van der Waals surface area contributed by atoms with Gasteiger partial charge in [0.05, 0.1) is 16.3 Å². The van der Waals surface area contributed by atoms with Gasteiger partial charge in [-0.25, -0.2) is 8.42 Å². The van der Waals surface area contributed by atoms with Gasteiger partial charge in [0, 0.05) is 6.42 Å². The molecule has 7 heteroatoms. The molecule has 0 aliphatic rings. The van der Waals surface area contributed by atoms with E-state index in [1.165, 1.54) is 16.8 Å². The van der Waals surface area contributed by atoms with Crippen LogP contribution in [0, 0.1) is 13.8 Å². The maximum atomic E-state index is 13.3. The first kappa shape index (κ1) is 18.8. The highest BCUT2D eigenvalue weighted by molar-refractivity contribution is 7.91. The molecule has 0 aliphatic heterocycles. The normalized spacial score (nSPS) is 11.4. The number of hydrogen-bond acceptors (Lipinski definition) is 5. The van der Waals surface area contributed by atoms with Crippen LogP contribution >= 0.6 is 0 Å². The zero-order valence-corrected chi connectivity index (χ0v) is 16.2. The summed E-state index contributed by atoms with van der Waals surface area (Å²) in [5.41, 5.74) is 1.81. The molecule has 0 unspecified atom stereocenters. The van der Waals surface area contributed by atoms with E-state index >= 15 is 0 Å². The first-order valence-electron chi connectivity index (χ1n) is 8.52. The quantitative estimate of drug-likeness (QED) is 0.628. The summed E-state index contributed by atoms with van der Waals surface area (Å²) in [4.78, 5) is 12.0. The third-order valence-electron chi connectivity index (χ3n) is 4.07. The minimum atomic E-state index is -3.92. The van der Waals surface area contributed by atoms with Gasteiger partial charge in [-0.1, -0.05) is 42.8 Å². The summed E-state index contributed by atoms with van der Waals surface area (Å²) in [7, 11) is -3.92. The van der Waals surface area contributed by atoms with Crippen LogP contribution in [0.15, 0.2) is 64.4 Å². The third-order valence-corrected chi connectivity index (χ3v) is 5.97. The van der Waals surface area contributed by atoms with E-state index in [0.29, 0.717) is 5.69 Å². The zero-order chi connectivity index (χ0) is 19.6. The number of esters is 1. The summed E-state index contributed by atoms with van der Waals surface area (Å²) in [5.74, 6) is -0.626. The number of rotatable bonds is 5. The molecule has 140 valence electrons. The Bertz CT molecular complexity index is 1070. The Balaban J connectivity index is 2.24. The van der Waals surface area contributed by atoms with Crippen molar-refractivity contribution in [2.75, 3.05) is 0 Å². The number of sulfone groups is 1. The molecule has 0 spiro atoms. The molecule has 0 N–H and O–H groups in total. The van der Waals surface area contributed by atoms with E-state index in [4.69, 9.17) is 4.74 Å². The van der Waals surface area contributed by atoms with Gasteiger partial charge in [0.1, 0.15) is 0 Å². The number of benzene rings is 2.